The topological polar surface area (TPSA) is 84.5 Å². The van der Waals surface area contributed by atoms with Crippen LogP contribution < -0.4 is 10.6 Å². The van der Waals surface area contributed by atoms with E-state index in [9.17, 15) is 14.4 Å². The monoisotopic (exact) mass is 326 g/mol. The number of benzene rings is 2. The van der Waals surface area contributed by atoms with Crippen LogP contribution in [0.4, 0.5) is 11.4 Å². The van der Waals surface area contributed by atoms with Gasteiger partial charge < -0.3 is 15.4 Å². The third-order valence-corrected chi connectivity index (χ3v) is 3.43. The molecule has 0 bridgehead atoms. The highest BCUT2D eigenvalue weighted by Gasteiger charge is 2.14. The smallest absolute Gasteiger partial charge is 0.338 e. The van der Waals surface area contributed by atoms with E-state index in [1.165, 1.54) is 14.0 Å². The van der Waals surface area contributed by atoms with Gasteiger partial charge in [0, 0.05) is 23.9 Å². The van der Waals surface area contributed by atoms with E-state index in [-0.39, 0.29) is 11.8 Å². The van der Waals surface area contributed by atoms with E-state index < -0.39 is 5.97 Å². The van der Waals surface area contributed by atoms with Crippen LogP contribution >= 0.6 is 0 Å². The van der Waals surface area contributed by atoms with Crippen LogP contribution in [0.1, 0.15) is 33.2 Å². The number of carbonyl (C=O) groups is 3. The Morgan fingerprint density at radius 2 is 1.71 bits per heavy atom. The molecular weight excluding hydrogens is 308 g/mol. The van der Waals surface area contributed by atoms with Crippen LogP contribution in [-0.2, 0) is 9.53 Å². The van der Waals surface area contributed by atoms with Crippen molar-refractivity contribution < 1.29 is 19.1 Å². The molecule has 0 atom stereocenters. The van der Waals surface area contributed by atoms with Gasteiger partial charge in [0.05, 0.1) is 12.7 Å². The molecule has 0 aliphatic carbocycles. The van der Waals surface area contributed by atoms with E-state index in [0.717, 1.165) is 0 Å². The maximum Gasteiger partial charge on any atom is 0.338 e. The van der Waals surface area contributed by atoms with Crippen LogP contribution in [-0.4, -0.2) is 24.9 Å². The third kappa shape index (κ3) is 3.98. The van der Waals surface area contributed by atoms with Crippen LogP contribution in [0, 0.1) is 6.92 Å². The van der Waals surface area contributed by atoms with E-state index >= 15 is 0 Å². The Morgan fingerprint density at radius 3 is 2.38 bits per heavy atom. The molecular formula is C18H18N2O4. The maximum absolute atomic E-state index is 12.4. The maximum atomic E-state index is 12.4. The summed E-state index contributed by atoms with van der Waals surface area (Å²) in [7, 11) is 1.31. The Bertz CT molecular complexity index is 799. The fourth-order valence-electron chi connectivity index (χ4n) is 2.24. The number of rotatable bonds is 4. The van der Waals surface area contributed by atoms with Crippen molar-refractivity contribution in [3.63, 3.8) is 0 Å². The Morgan fingerprint density at radius 1 is 1.00 bits per heavy atom. The number of carbonyl (C=O) groups excluding carboxylic acids is 3. The van der Waals surface area contributed by atoms with Crippen LogP contribution in [0.25, 0.3) is 0 Å². The van der Waals surface area contributed by atoms with Crippen LogP contribution in [0.3, 0.4) is 0 Å². The quantitative estimate of drug-likeness (QED) is 0.846. The zero-order valence-electron chi connectivity index (χ0n) is 13.7. The molecule has 2 rings (SSSR count). The summed E-state index contributed by atoms with van der Waals surface area (Å²) in [5.41, 5.74) is 2.46. The highest BCUT2D eigenvalue weighted by atomic mass is 16.5. The number of nitrogens with one attached hydrogen (secondary N) is 2. The SMILES string of the molecule is COC(=O)c1cccc(NC(=O)c2cccc(NC(C)=O)c2)c1C. The minimum absolute atomic E-state index is 0.214. The number of hydrogen-bond acceptors (Lipinski definition) is 4. The van der Waals surface area contributed by atoms with Gasteiger partial charge in [-0.1, -0.05) is 12.1 Å². The summed E-state index contributed by atoms with van der Waals surface area (Å²) in [5.74, 6) is -1.02. The Labute approximate surface area is 139 Å². The van der Waals surface area contributed by atoms with E-state index in [0.29, 0.717) is 28.1 Å². The van der Waals surface area contributed by atoms with Crippen molar-refractivity contribution in [1.82, 2.24) is 0 Å². The molecule has 6 heteroatoms. The van der Waals surface area contributed by atoms with Crippen molar-refractivity contribution in [2.75, 3.05) is 17.7 Å². The Kier molecular flexibility index (Phi) is 5.31. The zero-order valence-corrected chi connectivity index (χ0v) is 13.7. The number of hydrogen-bond donors (Lipinski definition) is 2. The number of esters is 1. The van der Waals surface area contributed by atoms with Gasteiger partial charge in [-0.15, -0.1) is 0 Å². The third-order valence-electron chi connectivity index (χ3n) is 3.43. The summed E-state index contributed by atoms with van der Waals surface area (Å²) in [6, 6.07) is 11.6. The Hall–Kier alpha value is -3.15. The van der Waals surface area contributed by atoms with Gasteiger partial charge in [-0.3, -0.25) is 9.59 Å². The van der Waals surface area contributed by atoms with Gasteiger partial charge in [0.2, 0.25) is 5.91 Å². The molecule has 2 aromatic rings. The lowest BCUT2D eigenvalue weighted by Gasteiger charge is -2.12. The molecule has 124 valence electrons. The fraction of sp³-hybridized carbons (Fsp3) is 0.167. The van der Waals surface area contributed by atoms with E-state index in [1.54, 1.807) is 49.4 Å². The number of methoxy groups -OCH3 is 1. The van der Waals surface area contributed by atoms with Gasteiger partial charge in [-0.2, -0.15) is 0 Å². The zero-order chi connectivity index (χ0) is 17.7. The Balaban J connectivity index is 2.24. The largest absolute Gasteiger partial charge is 0.465 e. The predicted octanol–water partition coefficient (Wildman–Crippen LogP) is 2.99. The molecule has 6 nitrogen and oxygen atoms in total. The van der Waals surface area contributed by atoms with Crippen molar-refractivity contribution in [3.8, 4) is 0 Å². The number of anilines is 2. The summed E-state index contributed by atoms with van der Waals surface area (Å²) >= 11 is 0. The molecule has 0 aliphatic rings. The van der Waals surface area contributed by atoms with E-state index in [1.807, 2.05) is 0 Å². The van der Waals surface area contributed by atoms with Crippen molar-refractivity contribution in [1.29, 1.82) is 0 Å². The highest BCUT2D eigenvalue weighted by Crippen LogP contribution is 2.21. The minimum Gasteiger partial charge on any atom is -0.465 e. The molecule has 2 N–H and O–H groups in total. The average Bonchev–Trinajstić information content (AvgIpc) is 2.55. The second-order valence-corrected chi connectivity index (χ2v) is 5.19. The lowest BCUT2D eigenvalue weighted by molar-refractivity contribution is -0.114. The molecule has 2 aromatic carbocycles. The second-order valence-electron chi connectivity index (χ2n) is 5.19. The molecule has 0 saturated heterocycles. The lowest BCUT2D eigenvalue weighted by Crippen LogP contribution is -2.15. The summed E-state index contributed by atoms with van der Waals surface area (Å²) in [6.45, 7) is 3.13. The fourth-order valence-corrected chi connectivity index (χ4v) is 2.24. The molecule has 0 radical (unpaired) electrons. The molecule has 0 unspecified atom stereocenters. The van der Waals surface area contributed by atoms with Crippen molar-refractivity contribution in [2.45, 2.75) is 13.8 Å². The van der Waals surface area contributed by atoms with Gasteiger partial charge >= 0.3 is 5.97 Å². The molecule has 0 aliphatic heterocycles. The lowest BCUT2D eigenvalue weighted by atomic mass is 10.1. The molecule has 0 aromatic heterocycles. The first-order valence-electron chi connectivity index (χ1n) is 7.29. The minimum atomic E-state index is -0.462. The molecule has 2 amide bonds. The molecule has 0 heterocycles. The summed E-state index contributed by atoms with van der Waals surface area (Å²) < 4.78 is 4.72. The van der Waals surface area contributed by atoms with E-state index in [4.69, 9.17) is 4.74 Å². The molecule has 0 fully saturated rings. The first-order chi connectivity index (χ1) is 11.4. The number of amides is 2. The standard InChI is InChI=1S/C18H18N2O4/c1-11-15(18(23)24-3)8-5-9-16(11)20-17(22)13-6-4-7-14(10-13)19-12(2)21/h4-10H,1-3H3,(H,19,21)(H,20,22). The van der Waals surface area contributed by atoms with Crippen molar-refractivity contribution >= 4 is 29.2 Å². The normalized spacial score (nSPS) is 9.96. The van der Waals surface area contributed by atoms with Crippen LogP contribution in [0.5, 0.6) is 0 Å². The molecule has 24 heavy (non-hydrogen) atoms. The second kappa shape index (κ2) is 7.41. The molecule has 0 spiro atoms. The average molecular weight is 326 g/mol. The van der Waals surface area contributed by atoms with Gasteiger partial charge in [-0.05, 0) is 42.8 Å². The first-order valence-corrected chi connectivity index (χ1v) is 7.29. The predicted molar refractivity (Wildman–Crippen MR) is 91.2 cm³/mol. The summed E-state index contributed by atoms with van der Waals surface area (Å²) in [4.78, 5) is 35.2. The summed E-state index contributed by atoms with van der Waals surface area (Å²) in [5, 5.41) is 5.39. The summed E-state index contributed by atoms with van der Waals surface area (Å²) in [6.07, 6.45) is 0. The van der Waals surface area contributed by atoms with E-state index in [2.05, 4.69) is 10.6 Å². The molecule has 0 saturated carbocycles. The van der Waals surface area contributed by atoms with Crippen molar-refractivity contribution in [2.24, 2.45) is 0 Å². The van der Waals surface area contributed by atoms with Gasteiger partial charge in [0.1, 0.15) is 0 Å². The number of ether oxygens (including phenoxy) is 1. The van der Waals surface area contributed by atoms with Crippen molar-refractivity contribution in [3.05, 3.63) is 59.2 Å². The van der Waals surface area contributed by atoms with Crippen LogP contribution in [0.2, 0.25) is 0 Å². The van der Waals surface area contributed by atoms with Gasteiger partial charge in [-0.25, -0.2) is 4.79 Å². The van der Waals surface area contributed by atoms with Crippen LogP contribution in [0.15, 0.2) is 42.5 Å². The first kappa shape index (κ1) is 17.2. The van der Waals surface area contributed by atoms with Gasteiger partial charge in [0.15, 0.2) is 0 Å². The van der Waals surface area contributed by atoms with Gasteiger partial charge in [0.25, 0.3) is 5.91 Å². The highest BCUT2D eigenvalue weighted by molar-refractivity contribution is 6.06.